The molecule has 4 rings (SSSR count). The van der Waals surface area contributed by atoms with E-state index in [9.17, 15) is 0 Å². The van der Waals surface area contributed by atoms with E-state index in [4.69, 9.17) is 21.7 Å². The van der Waals surface area contributed by atoms with Crippen molar-refractivity contribution in [2.45, 2.75) is 6.61 Å². The number of aromatic amines is 1. The summed E-state index contributed by atoms with van der Waals surface area (Å²) in [7, 11) is 1.61. The maximum absolute atomic E-state index is 5.97. The Balaban J connectivity index is 1.59. The number of hydrogen-bond donors (Lipinski definition) is 1. The van der Waals surface area contributed by atoms with Crippen molar-refractivity contribution in [3.05, 3.63) is 88.8 Å². The Labute approximate surface area is 178 Å². The van der Waals surface area contributed by atoms with E-state index in [1.807, 2.05) is 66.7 Å². The predicted octanol–water partition coefficient (Wildman–Crippen LogP) is 4.47. The van der Waals surface area contributed by atoms with Gasteiger partial charge in [-0.2, -0.15) is 14.9 Å². The number of H-pyrrole nitrogens is 1. The van der Waals surface area contributed by atoms with Gasteiger partial charge in [0, 0.05) is 6.20 Å². The highest BCUT2D eigenvalue weighted by molar-refractivity contribution is 7.71. The van der Waals surface area contributed by atoms with Crippen molar-refractivity contribution in [2.24, 2.45) is 5.10 Å². The van der Waals surface area contributed by atoms with Crippen LogP contribution in [-0.2, 0) is 6.61 Å². The number of aromatic nitrogens is 4. The molecule has 150 valence electrons. The van der Waals surface area contributed by atoms with Crippen LogP contribution in [0.15, 0.2) is 78.0 Å². The fraction of sp³-hybridized carbons (Fsp3) is 0.0909. The molecule has 0 saturated heterocycles. The van der Waals surface area contributed by atoms with E-state index in [2.05, 4.69) is 20.3 Å². The molecule has 2 heterocycles. The van der Waals surface area contributed by atoms with E-state index in [-0.39, 0.29) is 0 Å². The molecule has 30 heavy (non-hydrogen) atoms. The van der Waals surface area contributed by atoms with Gasteiger partial charge in [0.05, 0.1) is 13.3 Å². The molecular weight excluding hydrogens is 398 g/mol. The summed E-state index contributed by atoms with van der Waals surface area (Å²) in [5.41, 5.74) is 2.57. The first-order chi connectivity index (χ1) is 14.7. The molecule has 0 fully saturated rings. The first-order valence-electron chi connectivity index (χ1n) is 9.22. The molecule has 2 aromatic heterocycles. The molecule has 0 atom stereocenters. The molecule has 0 spiro atoms. The summed E-state index contributed by atoms with van der Waals surface area (Å²) in [5.74, 6) is 1.81. The van der Waals surface area contributed by atoms with E-state index in [1.54, 1.807) is 19.5 Å². The summed E-state index contributed by atoms with van der Waals surface area (Å²) in [6, 6.07) is 21.1. The normalized spacial score (nSPS) is 11.0. The first-order valence-corrected chi connectivity index (χ1v) is 9.63. The molecule has 0 amide bonds. The minimum atomic E-state index is 0.376. The van der Waals surface area contributed by atoms with Gasteiger partial charge in [-0.1, -0.05) is 36.4 Å². The standard InChI is InChI=1S/C22H19N5O2S/c1-28-19-11-10-17(13-20(19)29-15-16-7-3-2-4-8-16)14-24-27-21(25-26-22(27)30)18-9-5-6-12-23-18/h2-14H,15H2,1H3,(H,26,30). The summed E-state index contributed by atoms with van der Waals surface area (Å²) < 4.78 is 13.3. The quantitative estimate of drug-likeness (QED) is 0.355. The van der Waals surface area contributed by atoms with Crippen LogP contribution in [0.1, 0.15) is 11.1 Å². The third-order valence-corrected chi connectivity index (χ3v) is 4.56. The summed E-state index contributed by atoms with van der Waals surface area (Å²) in [5, 5.41) is 11.5. The SMILES string of the molecule is COc1ccc(C=Nn2c(-c3ccccn3)n[nH]c2=S)cc1OCc1ccccc1. The van der Waals surface area contributed by atoms with Crippen molar-refractivity contribution < 1.29 is 9.47 Å². The molecule has 0 aliphatic heterocycles. The molecule has 0 saturated carbocycles. The minimum absolute atomic E-state index is 0.376. The zero-order valence-corrected chi connectivity index (χ0v) is 17.0. The number of nitrogens with one attached hydrogen (secondary N) is 1. The zero-order chi connectivity index (χ0) is 20.8. The number of rotatable bonds is 7. The minimum Gasteiger partial charge on any atom is -0.493 e. The highest BCUT2D eigenvalue weighted by Gasteiger charge is 2.09. The monoisotopic (exact) mass is 417 g/mol. The van der Waals surface area contributed by atoms with E-state index in [0.29, 0.717) is 34.4 Å². The molecule has 0 unspecified atom stereocenters. The van der Waals surface area contributed by atoms with Crippen molar-refractivity contribution in [3.63, 3.8) is 0 Å². The van der Waals surface area contributed by atoms with Crippen LogP contribution in [0, 0.1) is 4.77 Å². The van der Waals surface area contributed by atoms with E-state index >= 15 is 0 Å². The van der Waals surface area contributed by atoms with Crippen LogP contribution in [-0.4, -0.2) is 33.2 Å². The average molecular weight is 417 g/mol. The molecule has 0 bridgehead atoms. The van der Waals surface area contributed by atoms with Gasteiger partial charge in [-0.25, -0.2) is 5.10 Å². The highest BCUT2D eigenvalue weighted by atomic mass is 32.1. The van der Waals surface area contributed by atoms with Crippen molar-refractivity contribution in [2.75, 3.05) is 7.11 Å². The number of hydrogen-bond acceptors (Lipinski definition) is 6. The van der Waals surface area contributed by atoms with Crippen LogP contribution in [0.3, 0.4) is 0 Å². The van der Waals surface area contributed by atoms with Gasteiger partial charge in [-0.05, 0) is 53.7 Å². The Morgan fingerprint density at radius 2 is 1.90 bits per heavy atom. The second-order valence-corrected chi connectivity index (χ2v) is 6.69. The molecular formula is C22H19N5O2S. The topological polar surface area (TPSA) is 77.3 Å². The lowest BCUT2D eigenvalue weighted by molar-refractivity contribution is 0.284. The van der Waals surface area contributed by atoms with E-state index in [0.717, 1.165) is 11.1 Å². The summed E-state index contributed by atoms with van der Waals surface area (Å²) in [6.45, 7) is 0.439. The maximum atomic E-state index is 5.97. The number of nitrogens with zero attached hydrogens (tertiary/aromatic N) is 4. The van der Waals surface area contributed by atoms with Gasteiger partial charge in [0.2, 0.25) is 10.6 Å². The summed E-state index contributed by atoms with van der Waals surface area (Å²) in [4.78, 5) is 4.31. The molecule has 1 N–H and O–H groups in total. The summed E-state index contributed by atoms with van der Waals surface area (Å²) >= 11 is 5.31. The number of benzene rings is 2. The Kier molecular flexibility index (Phi) is 5.95. The highest BCUT2D eigenvalue weighted by Crippen LogP contribution is 2.28. The van der Waals surface area contributed by atoms with Gasteiger partial charge in [0.25, 0.3) is 0 Å². The van der Waals surface area contributed by atoms with E-state index < -0.39 is 0 Å². The van der Waals surface area contributed by atoms with Gasteiger partial charge in [-0.3, -0.25) is 4.98 Å². The third kappa shape index (κ3) is 4.44. The molecule has 0 radical (unpaired) electrons. The second kappa shape index (κ2) is 9.15. The van der Waals surface area contributed by atoms with Gasteiger partial charge in [0.15, 0.2) is 11.5 Å². The van der Waals surface area contributed by atoms with Crippen molar-refractivity contribution in [3.8, 4) is 23.0 Å². The Morgan fingerprint density at radius 1 is 1.07 bits per heavy atom. The number of pyridine rings is 1. The lowest BCUT2D eigenvalue weighted by atomic mass is 10.2. The van der Waals surface area contributed by atoms with Crippen LogP contribution in [0.25, 0.3) is 11.5 Å². The molecule has 4 aromatic rings. The van der Waals surface area contributed by atoms with Gasteiger partial charge < -0.3 is 9.47 Å². The number of ether oxygens (including phenoxy) is 2. The van der Waals surface area contributed by atoms with Crippen molar-refractivity contribution in [1.29, 1.82) is 0 Å². The fourth-order valence-corrected chi connectivity index (χ4v) is 2.98. The second-order valence-electron chi connectivity index (χ2n) is 6.31. The largest absolute Gasteiger partial charge is 0.493 e. The average Bonchev–Trinajstić information content (AvgIpc) is 3.18. The van der Waals surface area contributed by atoms with E-state index in [1.165, 1.54) is 4.68 Å². The Bertz CT molecular complexity index is 1200. The van der Waals surface area contributed by atoms with Crippen molar-refractivity contribution >= 4 is 18.4 Å². The maximum Gasteiger partial charge on any atom is 0.216 e. The number of methoxy groups -OCH3 is 1. The Hall–Kier alpha value is -3.78. The zero-order valence-electron chi connectivity index (χ0n) is 16.2. The third-order valence-electron chi connectivity index (χ3n) is 4.29. The molecule has 8 heteroatoms. The first kappa shape index (κ1) is 19.5. The molecule has 7 nitrogen and oxygen atoms in total. The summed E-state index contributed by atoms with van der Waals surface area (Å²) in [6.07, 6.45) is 3.38. The van der Waals surface area contributed by atoms with Crippen LogP contribution in [0.4, 0.5) is 0 Å². The van der Waals surface area contributed by atoms with Crippen LogP contribution < -0.4 is 9.47 Å². The van der Waals surface area contributed by atoms with Gasteiger partial charge in [-0.15, -0.1) is 0 Å². The molecule has 0 aliphatic carbocycles. The molecule has 0 aliphatic rings. The lowest BCUT2D eigenvalue weighted by Gasteiger charge is -2.11. The van der Waals surface area contributed by atoms with Gasteiger partial charge in [0.1, 0.15) is 12.3 Å². The predicted molar refractivity (Wildman–Crippen MR) is 117 cm³/mol. The smallest absolute Gasteiger partial charge is 0.216 e. The lowest BCUT2D eigenvalue weighted by Crippen LogP contribution is -1.99. The fourth-order valence-electron chi connectivity index (χ4n) is 2.81. The van der Waals surface area contributed by atoms with Gasteiger partial charge >= 0.3 is 0 Å². The van der Waals surface area contributed by atoms with Crippen LogP contribution in [0.5, 0.6) is 11.5 Å². The van der Waals surface area contributed by atoms with Crippen molar-refractivity contribution in [1.82, 2.24) is 19.9 Å². The molecule has 2 aromatic carbocycles. The van der Waals surface area contributed by atoms with Crippen LogP contribution >= 0.6 is 12.2 Å². The van der Waals surface area contributed by atoms with Crippen LogP contribution in [0.2, 0.25) is 0 Å². The Morgan fingerprint density at radius 3 is 2.67 bits per heavy atom.